The summed E-state index contributed by atoms with van der Waals surface area (Å²) >= 11 is 0. The Morgan fingerprint density at radius 3 is 2.77 bits per heavy atom. The number of carbonyl (C=O) groups is 1. The lowest BCUT2D eigenvalue weighted by atomic mass is 10.2. The number of hydrogen-bond donors (Lipinski definition) is 1. The van der Waals surface area contributed by atoms with Crippen LogP contribution in [0.15, 0.2) is 67.1 Å². The van der Waals surface area contributed by atoms with Crippen molar-refractivity contribution in [2.45, 2.75) is 19.3 Å². The molecule has 4 aromatic rings. The van der Waals surface area contributed by atoms with Gasteiger partial charge in [-0.1, -0.05) is 6.07 Å². The first kappa shape index (κ1) is 18.9. The molecule has 5 rings (SSSR count). The van der Waals surface area contributed by atoms with E-state index in [1.165, 1.54) is 18.3 Å². The molecule has 7 nitrogen and oxygen atoms in total. The average Bonchev–Trinajstić information content (AvgIpc) is 3.38. The summed E-state index contributed by atoms with van der Waals surface area (Å²) in [6.45, 7) is 0. The van der Waals surface area contributed by atoms with Crippen LogP contribution in [0.4, 0.5) is 10.1 Å². The highest BCUT2D eigenvalue weighted by atomic mass is 19.1. The average molecular weight is 415 g/mol. The maximum absolute atomic E-state index is 13.3. The minimum absolute atomic E-state index is 0.296. The second-order valence-electron chi connectivity index (χ2n) is 7.14. The Kier molecular flexibility index (Phi) is 4.87. The van der Waals surface area contributed by atoms with E-state index in [-0.39, 0.29) is 11.7 Å². The largest absolute Gasteiger partial charge is 0.437 e. The first-order chi connectivity index (χ1) is 15.2. The van der Waals surface area contributed by atoms with E-state index in [1.807, 2.05) is 0 Å². The van der Waals surface area contributed by atoms with Crippen molar-refractivity contribution < 1.29 is 13.9 Å². The molecule has 2 aromatic carbocycles. The summed E-state index contributed by atoms with van der Waals surface area (Å²) in [5.74, 6) is 0.284. The van der Waals surface area contributed by atoms with Crippen molar-refractivity contribution >= 4 is 11.6 Å². The number of hydrogen-bond acceptors (Lipinski definition) is 5. The quantitative estimate of drug-likeness (QED) is 0.525. The number of fused-ring (bicyclic) bond motifs is 1. The van der Waals surface area contributed by atoms with Crippen molar-refractivity contribution in [2.24, 2.45) is 0 Å². The topological polar surface area (TPSA) is 81.9 Å². The number of ether oxygens (including phenoxy) is 1. The summed E-state index contributed by atoms with van der Waals surface area (Å²) in [7, 11) is 0. The van der Waals surface area contributed by atoms with Gasteiger partial charge in [0.05, 0.1) is 11.9 Å². The van der Waals surface area contributed by atoms with Crippen molar-refractivity contribution in [3.63, 3.8) is 0 Å². The van der Waals surface area contributed by atoms with Crippen LogP contribution >= 0.6 is 0 Å². The van der Waals surface area contributed by atoms with E-state index >= 15 is 0 Å². The van der Waals surface area contributed by atoms with Gasteiger partial charge in [0.2, 0.25) is 5.88 Å². The standard InChI is InChI=1S/C23H18FN5O2/c24-15-7-9-17(10-8-15)29-20-6-2-5-19(20)22(28-29)23(30)27-16-3-1-4-18(13-16)31-21-14-25-11-12-26-21/h1,3-4,7-14H,2,5-6H2,(H,27,30). The van der Waals surface area contributed by atoms with Gasteiger partial charge in [-0.2, -0.15) is 5.10 Å². The molecule has 0 fully saturated rings. The number of rotatable bonds is 5. The number of anilines is 1. The van der Waals surface area contributed by atoms with Crippen LogP contribution in [-0.4, -0.2) is 25.7 Å². The van der Waals surface area contributed by atoms with Crippen LogP contribution in [0.5, 0.6) is 11.6 Å². The molecular formula is C23H18FN5O2. The Hall–Kier alpha value is -4.07. The monoisotopic (exact) mass is 415 g/mol. The van der Waals surface area contributed by atoms with Gasteiger partial charge in [-0.3, -0.25) is 9.78 Å². The summed E-state index contributed by atoms with van der Waals surface area (Å²) in [6.07, 6.45) is 7.18. The van der Waals surface area contributed by atoms with Crippen LogP contribution in [0.3, 0.4) is 0 Å². The van der Waals surface area contributed by atoms with Crippen molar-refractivity contribution in [1.29, 1.82) is 0 Å². The van der Waals surface area contributed by atoms with Crippen molar-refractivity contribution in [3.8, 4) is 17.3 Å². The number of nitrogens with zero attached hydrogens (tertiary/aromatic N) is 4. The normalized spacial score (nSPS) is 12.4. The van der Waals surface area contributed by atoms with Crippen LogP contribution in [0.1, 0.15) is 28.2 Å². The third kappa shape index (κ3) is 3.87. The highest BCUT2D eigenvalue weighted by Crippen LogP contribution is 2.29. The zero-order valence-electron chi connectivity index (χ0n) is 16.5. The highest BCUT2D eigenvalue weighted by molar-refractivity contribution is 6.04. The van der Waals surface area contributed by atoms with Crippen LogP contribution in [0.25, 0.3) is 5.69 Å². The molecule has 8 heteroatoms. The Morgan fingerprint density at radius 1 is 1.10 bits per heavy atom. The minimum Gasteiger partial charge on any atom is -0.437 e. The van der Waals surface area contributed by atoms with Crippen LogP contribution < -0.4 is 10.1 Å². The van der Waals surface area contributed by atoms with Gasteiger partial charge in [-0.25, -0.2) is 14.1 Å². The number of benzene rings is 2. The maximum atomic E-state index is 13.3. The van der Waals surface area contributed by atoms with E-state index in [9.17, 15) is 9.18 Å². The molecule has 0 radical (unpaired) electrons. The van der Waals surface area contributed by atoms with Gasteiger partial charge in [0.1, 0.15) is 11.6 Å². The maximum Gasteiger partial charge on any atom is 0.276 e. The predicted octanol–water partition coefficient (Wildman–Crippen LogP) is 4.33. The van der Waals surface area contributed by atoms with Gasteiger partial charge < -0.3 is 10.1 Å². The Bertz CT molecular complexity index is 1240. The molecule has 2 aromatic heterocycles. The zero-order chi connectivity index (χ0) is 21.2. The van der Waals surface area contributed by atoms with Crippen molar-refractivity contribution in [2.75, 3.05) is 5.32 Å². The Labute approximate surface area is 177 Å². The Morgan fingerprint density at radius 2 is 1.97 bits per heavy atom. The van der Waals surface area contributed by atoms with Crippen molar-refractivity contribution in [3.05, 3.63) is 89.9 Å². The fraction of sp³-hybridized carbons (Fsp3) is 0.130. The van der Waals surface area contributed by atoms with E-state index in [2.05, 4.69) is 20.4 Å². The number of nitrogens with one attached hydrogen (secondary N) is 1. The highest BCUT2D eigenvalue weighted by Gasteiger charge is 2.27. The van der Waals surface area contributed by atoms with E-state index in [0.29, 0.717) is 23.0 Å². The first-order valence-electron chi connectivity index (χ1n) is 9.89. The third-order valence-electron chi connectivity index (χ3n) is 5.07. The van der Waals surface area contributed by atoms with E-state index in [4.69, 9.17) is 4.74 Å². The lowest BCUT2D eigenvalue weighted by Crippen LogP contribution is -2.15. The fourth-order valence-electron chi connectivity index (χ4n) is 3.70. The summed E-state index contributed by atoms with van der Waals surface area (Å²) in [5.41, 5.74) is 3.63. The molecule has 1 amide bonds. The molecule has 0 spiro atoms. The van der Waals surface area contributed by atoms with Gasteiger partial charge in [-0.05, 0) is 55.7 Å². The van der Waals surface area contributed by atoms with Crippen LogP contribution in [0, 0.1) is 5.82 Å². The number of carbonyl (C=O) groups excluding carboxylic acids is 1. The summed E-state index contributed by atoms with van der Waals surface area (Å²) in [5, 5.41) is 7.45. The molecule has 1 aliphatic carbocycles. The molecule has 31 heavy (non-hydrogen) atoms. The lowest BCUT2D eigenvalue weighted by molar-refractivity contribution is 0.102. The zero-order valence-corrected chi connectivity index (χ0v) is 16.5. The predicted molar refractivity (Wildman–Crippen MR) is 112 cm³/mol. The molecule has 0 aliphatic heterocycles. The second kappa shape index (κ2) is 7.98. The third-order valence-corrected chi connectivity index (χ3v) is 5.07. The molecule has 0 saturated heterocycles. The minimum atomic E-state index is -0.311. The van der Waals surface area contributed by atoms with Crippen LogP contribution in [-0.2, 0) is 12.8 Å². The molecular weight excluding hydrogens is 397 g/mol. The van der Waals surface area contributed by atoms with E-state index < -0.39 is 0 Å². The number of aromatic nitrogens is 4. The summed E-state index contributed by atoms with van der Waals surface area (Å²) in [4.78, 5) is 21.1. The smallest absolute Gasteiger partial charge is 0.276 e. The first-order valence-corrected chi connectivity index (χ1v) is 9.89. The molecule has 0 unspecified atom stereocenters. The molecule has 1 N–H and O–H groups in total. The fourth-order valence-corrected chi connectivity index (χ4v) is 3.70. The van der Waals surface area contributed by atoms with Gasteiger partial charge in [0.15, 0.2) is 5.69 Å². The summed E-state index contributed by atoms with van der Waals surface area (Å²) < 4.78 is 20.7. The molecule has 1 aliphatic rings. The Balaban J connectivity index is 1.39. The number of amides is 1. The number of halogens is 1. The molecule has 0 bridgehead atoms. The van der Waals surface area contributed by atoms with Gasteiger partial charge >= 0.3 is 0 Å². The SMILES string of the molecule is O=C(Nc1cccc(Oc2cnccn2)c1)c1nn(-c2ccc(F)cc2)c2c1CCC2. The summed E-state index contributed by atoms with van der Waals surface area (Å²) in [6, 6.07) is 13.1. The van der Waals surface area contributed by atoms with Gasteiger partial charge in [0, 0.05) is 35.4 Å². The lowest BCUT2D eigenvalue weighted by Gasteiger charge is -2.08. The van der Waals surface area contributed by atoms with Crippen molar-refractivity contribution in [1.82, 2.24) is 19.7 Å². The van der Waals surface area contributed by atoms with Crippen LogP contribution in [0.2, 0.25) is 0 Å². The van der Waals surface area contributed by atoms with Gasteiger partial charge in [0.25, 0.3) is 5.91 Å². The molecule has 0 saturated carbocycles. The van der Waals surface area contributed by atoms with Gasteiger partial charge in [-0.15, -0.1) is 0 Å². The molecule has 2 heterocycles. The van der Waals surface area contributed by atoms with E-state index in [0.717, 1.165) is 36.2 Å². The van der Waals surface area contributed by atoms with E-state index in [1.54, 1.807) is 53.5 Å². The molecule has 154 valence electrons. The second-order valence-corrected chi connectivity index (χ2v) is 7.14. The molecule has 0 atom stereocenters.